The van der Waals surface area contributed by atoms with Gasteiger partial charge in [-0.05, 0) is 12.1 Å². The topological polar surface area (TPSA) is 83.6 Å². The van der Waals surface area contributed by atoms with Crippen molar-refractivity contribution in [2.45, 2.75) is 20.3 Å². The van der Waals surface area contributed by atoms with E-state index in [0.29, 0.717) is 12.1 Å². The van der Waals surface area contributed by atoms with E-state index < -0.39 is 5.41 Å². The SMILES string of the molecule is CC(C)(Cc1cn[nH]n1)C(=O)Nc1cccnc1. The Bertz CT molecular complexity index is 507. The number of H-pyrrole nitrogens is 1. The molecule has 6 nitrogen and oxygen atoms in total. The summed E-state index contributed by atoms with van der Waals surface area (Å²) in [6.07, 6.45) is 5.43. The molecule has 2 aromatic rings. The van der Waals surface area contributed by atoms with Gasteiger partial charge in [0.25, 0.3) is 0 Å². The summed E-state index contributed by atoms with van der Waals surface area (Å²) >= 11 is 0. The lowest BCUT2D eigenvalue weighted by molar-refractivity contribution is -0.123. The number of nitrogens with zero attached hydrogens (tertiary/aromatic N) is 3. The maximum absolute atomic E-state index is 12.2. The van der Waals surface area contributed by atoms with Crippen molar-refractivity contribution in [1.82, 2.24) is 20.4 Å². The Morgan fingerprint density at radius 1 is 1.44 bits per heavy atom. The van der Waals surface area contributed by atoms with Gasteiger partial charge in [-0.15, -0.1) is 0 Å². The van der Waals surface area contributed by atoms with E-state index >= 15 is 0 Å². The molecule has 2 N–H and O–H groups in total. The van der Waals surface area contributed by atoms with Crippen LogP contribution in [0, 0.1) is 5.41 Å². The van der Waals surface area contributed by atoms with Gasteiger partial charge < -0.3 is 5.32 Å². The Balaban J connectivity index is 2.03. The second kappa shape index (κ2) is 4.95. The number of rotatable bonds is 4. The molecule has 0 aliphatic heterocycles. The van der Waals surface area contributed by atoms with Crippen LogP contribution in [0.4, 0.5) is 5.69 Å². The summed E-state index contributed by atoms with van der Waals surface area (Å²) in [7, 11) is 0. The smallest absolute Gasteiger partial charge is 0.230 e. The Kier molecular flexibility index (Phi) is 3.36. The van der Waals surface area contributed by atoms with Crippen LogP contribution in [0.15, 0.2) is 30.7 Å². The highest BCUT2D eigenvalue weighted by Gasteiger charge is 2.29. The van der Waals surface area contributed by atoms with Gasteiger partial charge in [0.05, 0.1) is 23.8 Å². The van der Waals surface area contributed by atoms with Crippen LogP contribution in [0.5, 0.6) is 0 Å². The molecule has 0 aliphatic rings. The van der Waals surface area contributed by atoms with E-state index in [1.807, 2.05) is 13.8 Å². The highest BCUT2D eigenvalue weighted by atomic mass is 16.2. The minimum Gasteiger partial charge on any atom is -0.324 e. The summed E-state index contributed by atoms with van der Waals surface area (Å²) in [6.45, 7) is 3.74. The quantitative estimate of drug-likeness (QED) is 0.853. The summed E-state index contributed by atoms with van der Waals surface area (Å²) in [4.78, 5) is 16.1. The van der Waals surface area contributed by atoms with Crippen LogP contribution in [0.2, 0.25) is 0 Å². The number of pyridine rings is 1. The zero-order valence-electron chi connectivity index (χ0n) is 10.3. The second-order valence-corrected chi connectivity index (χ2v) is 4.72. The molecular formula is C12H15N5O. The van der Waals surface area contributed by atoms with Crippen molar-refractivity contribution >= 4 is 11.6 Å². The molecule has 18 heavy (non-hydrogen) atoms. The van der Waals surface area contributed by atoms with E-state index in [0.717, 1.165) is 5.69 Å². The van der Waals surface area contributed by atoms with Crippen molar-refractivity contribution in [1.29, 1.82) is 0 Å². The number of nitrogens with one attached hydrogen (secondary N) is 2. The summed E-state index contributed by atoms with van der Waals surface area (Å²) in [5.41, 5.74) is 0.893. The van der Waals surface area contributed by atoms with Crippen LogP contribution >= 0.6 is 0 Å². The van der Waals surface area contributed by atoms with Crippen LogP contribution < -0.4 is 5.32 Å². The van der Waals surface area contributed by atoms with Gasteiger partial charge in [0, 0.05) is 18.0 Å². The van der Waals surface area contributed by atoms with E-state index in [2.05, 4.69) is 25.7 Å². The van der Waals surface area contributed by atoms with Gasteiger partial charge in [-0.3, -0.25) is 9.78 Å². The molecule has 0 fully saturated rings. The standard InChI is InChI=1S/C12H15N5O/c1-12(2,6-10-8-14-17-16-10)11(18)15-9-4-3-5-13-7-9/h3-5,7-8H,6H2,1-2H3,(H,15,18)(H,14,16,17). The van der Waals surface area contributed by atoms with Gasteiger partial charge in [0.1, 0.15) is 0 Å². The number of aromatic amines is 1. The maximum Gasteiger partial charge on any atom is 0.230 e. The molecule has 6 heteroatoms. The first kappa shape index (κ1) is 12.2. The lowest BCUT2D eigenvalue weighted by atomic mass is 9.87. The zero-order chi connectivity index (χ0) is 13.0. The summed E-state index contributed by atoms with van der Waals surface area (Å²) in [5, 5.41) is 13.1. The Hall–Kier alpha value is -2.24. The highest BCUT2D eigenvalue weighted by Crippen LogP contribution is 2.22. The lowest BCUT2D eigenvalue weighted by Crippen LogP contribution is -2.32. The number of aromatic nitrogens is 4. The van der Waals surface area contributed by atoms with Crippen molar-refractivity contribution in [3.8, 4) is 0 Å². The van der Waals surface area contributed by atoms with E-state index in [1.165, 1.54) is 0 Å². The molecular weight excluding hydrogens is 230 g/mol. The molecule has 2 heterocycles. The molecule has 0 aliphatic carbocycles. The third-order valence-electron chi connectivity index (χ3n) is 2.62. The van der Waals surface area contributed by atoms with Crippen molar-refractivity contribution in [2.75, 3.05) is 5.32 Å². The summed E-state index contributed by atoms with van der Waals surface area (Å²) < 4.78 is 0. The van der Waals surface area contributed by atoms with Crippen LogP contribution in [0.3, 0.4) is 0 Å². The van der Waals surface area contributed by atoms with Crippen LogP contribution in [0.1, 0.15) is 19.5 Å². The number of hydrogen-bond acceptors (Lipinski definition) is 4. The molecule has 0 unspecified atom stereocenters. The molecule has 94 valence electrons. The van der Waals surface area contributed by atoms with Gasteiger partial charge in [-0.1, -0.05) is 13.8 Å². The van der Waals surface area contributed by atoms with Gasteiger partial charge >= 0.3 is 0 Å². The number of hydrogen-bond donors (Lipinski definition) is 2. The highest BCUT2D eigenvalue weighted by molar-refractivity contribution is 5.94. The summed E-state index contributed by atoms with van der Waals surface area (Å²) in [5.74, 6) is -0.0708. The van der Waals surface area contributed by atoms with Crippen molar-refractivity contribution in [3.05, 3.63) is 36.4 Å². The molecule has 0 saturated heterocycles. The molecule has 0 atom stereocenters. The molecule has 0 bridgehead atoms. The van der Waals surface area contributed by atoms with E-state index in [1.54, 1.807) is 30.7 Å². The Labute approximate surface area is 105 Å². The van der Waals surface area contributed by atoms with Gasteiger partial charge in [-0.2, -0.15) is 15.4 Å². The van der Waals surface area contributed by atoms with Crippen LogP contribution in [-0.4, -0.2) is 26.3 Å². The monoisotopic (exact) mass is 245 g/mol. The first-order chi connectivity index (χ1) is 8.58. The Morgan fingerprint density at radius 2 is 2.28 bits per heavy atom. The lowest BCUT2D eigenvalue weighted by Gasteiger charge is -2.22. The first-order valence-corrected chi connectivity index (χ1v) is 5.64. The molecule has 0 saturated carbocycles. The number of amides is 1. The fraction of sp³-hybridized carbons (Fsp3) is 0.333. The first-order valence-electron chi connectivity index (χ1n) is 5.64. The predicted octanol–water partition coefficient (Wildman–Crippen LogP) is 1.41. The molecule has 1 amide bonds. The van der Waals surface area contributed by atoms with Crippen molar-refractivity contribution in [3.63, 3.8) is 0 Å². The third-order valence-corrected chi connectivity index (χ3v) is 2.62. The van der Waals surface area contributed by atoms with E-state index in [9.17, 15) is 4.79 Å². The predicted molar refractivity (Wildman–Crippen MR) is 66.7 cm³/mol. The van der Waals surface area contributed by atoms with Crippen molar-refractivity contribution < 1.29 is 4.79 Å². The average molecular weight is 245 g/mol. The number of carbonyl (C=O) groups excluding carboxylic acids is 1. The van der Waals surface area contributed by atoms with Gasteiger partial charge in [0.15, 0.2) is 0 Å². The van der Waals surface area contributed by atoms with E-state index in [-0.39, 0.29) is 5.91 Å². The van der Waals surface area contributed by atoms with Crippen molar-refractivity contribution in [2.24, 2.45) is 5.41 Å². The minimum absolute atomic E-state index is 0.0708. The molecule has 2 rings (SSSR count). The fourth-order valence-corrected chi connectivity index (χ4v) is 1.58. The largest absolute Gasteiger partial charge is 0.324 e. The Morgan fingerprint density at radius 3 is 2.89 bits per heavy atom. The second-order valence-electron chi connectivity index (χ2n) is 4.72. The molecule has 0 spiro atoms. The van der Waals surface area contributed by atoms with Crippen LogP contribution in [-0.2, 0) is 11.2 Å². The fourth-order valence-electron chi connectivity index (χ4n) is 1.58. The number of carbonyl (C=O) groups is 1. The molecule has 0 radical (unpaired) electrons. The minimum atomic E-state index is -0.563. The molecule has 2 aromatic heterocycles. The van der Waals surface area contributed by atoms with Gasteiger partial charge in [0.2, 0.25) is 5.91 Å². The third kappa shape index (κ3) is 2.91. The van der Waals surface area contributed by atoms with E-state index in [4.69, 9.17) is 0 Å². The molecule has 0 aromatic carbocycles. The zero-order valence-corrected chi connectivity index (χ0v) is 10.3. The summed E-state index contributed by atoms with van der Waals surface area (Å²) in [6, 6.07) is 3.58. The number of anilines is 1. The average Bonchev–Trinajstić information content (AvgIpc) is 2.82. The normalized spacial score (nSPS) is 11.2. The van der Waals surface area contributed by atoms with Gasteiger partial charge in [-0.25, -0.2) is 0 Å². The maximum atomic E-state index is 12.2. The van der Waals surface area contributed by atoms with Crippen LogP contribution in [0.25, 0.3) is 0 Å².